The first-order valence-corrected chi connectivity index (χ1v) is 7.74. The lowest BCUT2D eigenvalue weighted by atomic mass is 10.1. The Labute approximate surface area is 140 Å². The highest BCUT2D eigenvalue weighted by Crippen LogP contribution is 2.12. The van der Waals surface area contributed by atoms with Crippen LogP contribution in [-0.2, 0) is 13.0 Å². The van der Waals surface area contributed by atoms with Gasteiger partial charge < -0.3 is 15.1 Å². The number of amides is 1. The van der Waals surface area contributed by atoms with Gasteiger partial charge in [0.2, 0.25) is 5.95 Å². The average Bonchev–Trinajstić information content (AvgIpc) is 3.14. The highest BCUT2D eigenvalue weighted by Gasteiger charge is 2.09. The maximum absolute atomic E-state index is 12.3. The molecule has 0 radical (unpaired) electrons. The van der Waals surface area contributed by atoms with E-state index in [0.29, 0.717) is 18.2 Å². The SMILES string of the molecule is CCc1ccc(NC(=O)c2ccnc(NCc3ccco3)n2)cc1. The van der Waals surface area contributed by atoms with E-state index in [2.05, 4.69) is 27.5 Å². The molecule has 0 saturated heterocycles. The van der Waals surface area contributed by atoms with Gasteiger partial charge in [0.15, 0.2) is 0 Å². The Morgan fingerprint density at radius 3 is 2.71 bits per heavy atom. The molecule has 0 bridgehead atoms. The number of carbonyl (C=O) groups is 1. The molecule has 0 aliphatic heterocycles. The van der Waals surface area contributed by atoms with Crippen LogP contribution in [0.2, 0.25) is 0 Å². The number of carbonyl (C=O) groups excluding carboxylic acids is 1. The lowest BCUT2D eigenvalue weighted by Gasteiger charge is -2.07. The highest BCUT2D eigenvalue weighted by atomic mass is 16.3. The van der Waals surface area contributed by atoms with E-state index in [1.54, 1.807) is 18.5 Å². The standard InChI is InChI=1S/C18H18N4O2/c1-2-13-5-7-14(8-6-13)21-17(23)16-9-10-19-18(22-16)20-12-15-4-3-11-24-15/h3-11H,2,12H2,1H3,(H,21,23)(H,19,20,22). The normalized spacial score (nSPS) is 10.4. The second kappa shape index (κ2) is 7.41. The van der Waals surface area contributed by atoms with Crippen molar-refractivity contribution in [3.05, 3.63) is 71.9 Å². The molecule has 2 N–H and O–H groups in total. The number of hydrogen-bond acceptors (Lipinski definition) is 5. The quantitative estimate of drug-likeness (QED) is 0.726. The summed E-state index contributed by atoms with van der Waals surface area (Å²) >= 11 is 0. The zero-order valence-corrected chi connectivity index (χ0v) is 13.3. The van der Waals surface area contributed by atoms with Crippen LogP contribution in [-0.4, -0.2) is 15.9 Å². The van der Waals surface area contributed by atoms with Crippen LogP contribution in [0.1, 0.15) is 28.7 Å². The van der Waals surface area contributed by atoms with Crippen LogP contribution < -0.4 is 10.6 Å². The molecule has 0 atom stereocenters. The van der Waals surface area contributed by atoms with E-state index in [9.17, 15) is 4.79 Å². The van der Waals surface area contributed by atoms with E-state index in [-0.39, 0.29) is 5.91 Å². The molecule has 2 heterocycles. The zero-order valence-electron chi connectivity index (χ0n) is 13.3. The summed E-state index contributed by atoms with van der Waals surface area (Å²) in [5.41, 5.74) is 2.26. The predicted octanol–water partition coefficient (Wildman–Crippen LogP) is 3.50. The van der Waals surface area contributed by atoms with Crippen LogP contribution in [0.15, 0.2) is 59.3 Å². The maximum atomic E-state index is 12.3. The number of anilines is 2. The minimum absolute atomic E-state index is 0.275. The van der Waals surface area contributed by atoms with E-state index in [0.717, 1.165) is 17.9 Å². The summed E-state index contributed by atoms with van der Waals surface area (Å²) in [6.45, 7) is 2.54. The molecule has 0 unspecified atom stereocenters. The number of rotatable bonds is 6. The van der Waals surface area contributed by atoms with Gasteiger partial charge in [-0.05, 0) is 42.3 Å². The molecule has 0 saturated carbocycles. The summed E-state index contributed by atoms with van der Waals surface area (Å²) in [4.78, 5) is 20.6. The van der Waals surface area contributed by atoms with Crippen molar-refractivity contribution in [3.63, 3.8) is 0 Å². The largest absolute Gasteiger partial charge is 0.467 e. The Kier molecular flexibility index (Phi) is 4.86. The Balaban J connectivity index is 1.64. The molecule has 3 rings (SSSR count). The Bertz CT molecular complexity index is 798. The van der Waals surface area contributed by atoms with Crippen molar-refractivity contribution >= 4 is 17.5 Å². The zero-order chi connectivity index (χ0) is 16.8. The number of hydrogen-bond donors (Lipinski definition) is 2. The molecule has 0 spiro atoms. The van der Waals surface area contributed by atoms with Crippen molar-refractivity contribution in [2.24, 2.45) is 0 Å². The Morgan fingerprint density at radius 2 is 2.00 bits per heavy atom. The van der Waals surface area contributed by atoms with Crippen molar-refractivity contribution in [3.8, 4) is 0 Å². The summed E-state index contributed by atoms with van der Waals surface area (Å²) in [7, 11) is 0. The van der Waals surface area contributed by atoms with E-state index in [4.69, 9.17) is 4.42 Å². The first kappa shape index (κ1) is 15.7. The van der Waals surface area contributed by atoms with Crippen LogP contribution in [0, 0.1) is 0 Å². The van der Waals surface area contributed by atoms with Crippen LogP contribution in [0.5, 0.6) is 0 Å². The highest BCUT2D eigenvalue weighted by molar-refractivity contribution is 6.02. The molecule has 1 aromatic carbocycles. The molecule has 2 aromatic heterocycles. The monoisotopic (exact) mass is 322 g/mol. The van der Waals surface area contributed by atoms with Gasteiger partial charge in [0.05, 0.1) is 12.8 Å². The van der Waals surface area contributed by atoms with Crippen LogP contribution in [0.4, 0.5) is 11.6 Å². The summed E-state index contributed by atoms with van der Waals surface area (Å²) < 4.78 is 5.23. The van der Waals surface area contributed by atoms with Crippen molar-refractivity contribution in [2.75, 3.05) is 10.6 Å². The third-order valence-electron chi connectivity index (χ3n) is 3.51. The lowest BCUT2D eigenvalue weighted by molar-refractivity contribution is 0.102. The smallest absolute Gasteiger partial charge is 0.274 e. The fourth-order valence-electron chi connectivity index (χ4n) is 2.17. The van der Waals surface area contributed by atoms with Gasteiger partial charge in [0, 0.05) is 11.9 Å². The molecule has 3 aromatic rings. The number of aromatic nitrogens is 2. The summed E-state index contributed by atoms with van der Waals surface area (Å²) in [5, 5.41) is 5.86. The number of nitrogens with zero attached hydrogens (tertiary/aromatic N) is 2. The molecular formula is C18H18N4O2. The van der Waals surface area contributed by atoms with Crippen LogP contribution in [0.25, 0.3) is 0 Å². The molecule has 6 nitrogen and oxygen atoms in total. The number of furan rings is 1. The van der Waals surface area contributed by atoms with Gasteiger partial charge >= 0.3 is 0 Å². The van der Waals surface area contributed by atoms with Crippen LogP contribution in [0.3, 0.4) is 0 Å². The van der Waals surface area contributed by atoms with Crippen LogP contribution >= 0.6 is 0 Å². The molecule has 0 fully saturated rings. The molecule has 0 aliphatic carbocycles. The molecule has 24 heavy (non-hydrogen) atoms. The van der Waals surface area contributed by atoms with E-state index < -0.39 is 0 Å². The van der Waals surface area contributed by atoms with Gasteiger partial charge in [-0.15, -0.1) is 0 Å². The molecule has 1 amide bonds. The van der Waals surface area contributed by atoms with Crippen molar-refractivity contribution in [1.82, 2.24) is 9.97 Å². The number of nitrogens with one attached hydrogen (secondary N) is 2. The van der Waals surface area contributed by atoms with E-state index in [1.165, 1.54) is 5.56 Å². The predicted molar refractivity (Wildman–Crippen MR) is 91.8 cm³/mol. The number of aryl methyl sites for hydroxylation is 1. The first-order chi connectivity index (χ1) is 11.7. The van der Waals surface area contributed by atoms with Crippen molar-refractivity contribution in [1.29, 1.82) is 0 Å². The number of benzene rings is 1. The van der Waals surface area contributed by atoms with E-state index in [1.807, 2.05) is 36.4 Å². The van der Waals surface area contributed by atoms with E-state index >= 15 is 0 Å². The minimum Gasteiger partial charge on any atom is -0.467 e. The average molecular weight is 322 g/mol. The Hall–Kier alpha value is -3.15. The molecular weight excluding hydrogens is 304 g/mol. The van der Waals surface area contributed by atoms with Gasteiger partial charge in [-0.1, -0.05) is 19.1 Å². The topological polar surface area (TPSA) is 80.0 Å². The van der Waals surface area contributed by atoms with Gasteiger partial charge in [0.25, 0.3) is 5.91 Å². The Morgan fingerprint density at radius 1 is 1.17 bits per heavy atom. The minimum atomic E-state index is -0.275. The fraction of sp³-hybridized carbons (Fsp3) is 0.167. The summed E-state index contributed by atoms with van der Waals surface area (Å²) in [5.74, 6) is 0.868. The molecule has 0 aliphatic rings. The summed E-state index contributed by atoms with van der Waals surface area (Å²) in [6.07, 6.45) is 4.11. The maximum Gasteiger partial charge on any atom is 0.274 e. The van der Waals surface area contributed by atoms with Gasteiger partial charge in [-0.25, -0.2) is 9.97 Å². The molecule has 122 valence electrons. The van der Waals surface area contributed by atoms with Gasteiger partial charge in [0.1, 0.15) is 11.5 Å². The first-order valence-electron chi connectivity index (χ1n) is 7.74. The molecule has 6 heteroatoms. The fourth-order valence-corrected chi connectivity index (χ4v) is 2.17. The summed E-state index contributed by atoms with van der Waals surface area (Å²) in [6, 6.07) is 13.0. The van der Waals surface area contributed by atoms with Gasteiger partial charge in [-0.2, -0.15) is 0 Å². The third-order valence-corrected chi connectivity index (χ3v) is 3.51. The third kappa shape index (κ3) is 3.98. The lowest BCUT2D eigenvalue weighted by Crippen LogP contribution is -2.15. The van der Waals surface area contributed by atoms with Crippen molar-refractivity contribution < 1.29 is 9.21 Å². The second-order valence-electron chi connectivity index (χ2n) is 5.20. The second-order valence-corrected chi connectivity index (χ2v) is 5.20. The van der Waals surface area contributed by atoms with Crippen molar-refractivity contribution in [2.45, 2.75) is 19.9 Å². The van der Waals surface area contributed by atoms with Gasteiger partial charge in [-0.3, -0.25) is 4.79 Å².